The Morgan fingerprint density at radius 2 is 1.80 bits per heavy atom. The third kappa shape index (κ3) is 4.93. The topological polar surface area (TPSA) is 70.2 Å². The van der Waals surface area contributed by atoms with Gasteiger partial charge in [-0.05, 0) is 37.1 Å². The summed E-state index contributed by atoms with van der Waals surface area (Å²) in [6.45, 7) is 4.36. The van der Waals surface area contributed by atoms with Crippen LogP contribution in [0.15, 0.2) is 24.3 Å². The fourth-order valence-electron chi connectivity index (χ4n) is 2.65. The zero-order chi connectivity index (χ0) is 18.4. The lowest BCUT2D eigenvalue weighted by Gasteiger charge is -2.24. The van der Waals surface area contributed by atoms with Crippen LogP contribution in [-0.4, -0.2) is 74.7 Å². The maximum Gasteiger partial charge on any atom is 0.281 e. The SMILES string of the molecule is CCCOc1ccc(C(=O)N2CCCN(S(=O)(=O)N(C)C)CC2)cc1. The van der Waals surface area contributed by atoms with Crippen molar-refractivity contribution in [2.45, 2.75) is 19.8 Å². The molecule has 1 aromatic carbocycles. The van der Waals surface area contributed by atoms with Crippen molar-refractivity contribution in [1.29, 1.82) is 0 Å². The molecule has 1 saturated heterocycles. The predicted octanol–water partition coefficient (Wildman–Crippen LogP) is 1.43. The van der Waals surface area contributed by atoms with Gasteiger partial charge >= 0.3 is 0 Å². The third-order valence-electron chi connectivity index (χ3n) is 4.10. The van der Waals surface area contributed by atoms with E-state index in [9.17, 15) is 13.2 Å². The number of carbonyl (C=O) groups excluding carboxylic acids is 1. The number of nitrogens with zero attached hydrogens (tertiary/aromatic N) is 3. The monoisotopic (exact) mass is 369 g/mol. The molecule has 0 saturated carbocycles. The molecule has 1 amide bonds. The van der Waals surface area contributed by atoms with Gasteiger partial charge < -0.3 is 9.64 Å². The van der Waals surface area contributed by atoms with Gasteiger partial charge in [0.15, 0.2) is 0 Å². The van der Waals surface area contributed by atoms with Crippen molar-refractivity contribution in [2.24, 2.45) is 0 Å². The van der Waals surface area contributed by atoms with Gasteiger partial charge in [0, 0.05) is 45.8 Å². The van der Waals surface area contributed by atoms with E-state index in [1.807, 2.05) is 6.92 Å². The van der Waals surface area contributed by atoms with E-state index in [4.69, 9.17) is 4.74 Å². The van der Waals surface area contributed by atoms with E-state index in [0.29, 0.717) is 44.8 Å². The number of amides is 1. The molecule has 0 aliphatic carbocycles. The zero-order valence-electron chi connectivity index (χ0n) is 15.1. The smallest absolute Gasteiger partial charge is 0.281 e. The minimum absolute atomic E-state index is 0.0776. The normalized spacial score (nSPS) is 16.7. The predicted molar refractivity (Wildman–Crippen MR) is 96.9 cm³/mol. The Balaban J connectivity index is 2.01. The molecular weight excluding hydrogens is 342 g/mol. The summed E-state index contributed by atoms with van der Waals surface area (Å²) in [6.07, 6.45) is 1.55. The Hall–Kier alpha value is -1.64. The highest BCUT2D eigenvalue weighted by Crippen LogP contribution is 2.16. The van der Waals surface area contributed by atoms with Gasteiger partial charge in [-0.15, -0.1) is 0 Å². The van der Waals surface area contributed by atoms with Crippen LogP contribution in [0, 0.1) is 0 Å². The average molecular weight is 369 g/mol. The Labute approximate surface area is 150 Å². The molecule has 0 atom stereocenters. The number of ether oxygens (including phenoxy) is 1. The van der Waals surface area contributed by atoms with Crippen LogP contribution >= 0.6 is 0 Å². The Morgan fingerprint density at radius 3 is 2.40 bits per heavy atom. The van der Waals surface area contributed by atoms with Gasteiger partial charge in [0.2, 0.25) is 0 Å². The molecule has 0 bridgehead atoms. The van der Waals surface area contributed by atoms with Crippen LogP contribution in [0.2, 0.25) is 0 Å². The van der Waals surface area contributed by atoms with Crippen LogP contribution in [0.4, 0.5) is 0 Å². The highest BCUT2D eigenvalue weighted by atomic mass is 32.2. The van der Waals surface area contributed by atoms with E-state index < -0.39 is 10.2 Å². The summed E-state index contributed by atoms with van der Waals surface area (Å²) in [6, 6.07) is 7.10. The van der Waals surface area contributed by atoms with Gasteiger partial charge in [0.05, 0.1) is 6.61 Å². The second kappa shape index (κ2) is 8.64. The molecule has 140 valence electrons. The maximum absolute atomic E-state index is 12.7. The summed E-state index contributed by atoms with van der Waals surface area (Å²) in [4.78, 5) is 14.4. The van der Waals surface area contributed by atoms with Gasteiger partial charge in [-0.2, -0.15) is 17.0 Å². The van der Waals surface area contributed by atoms with E-state index in [0.717, 1.165) is 12.2 Å². The fourth-order valence-corrected chi connectivity index (χ4v) is 3.79. The second-order valence-electron chi connectivity index (χ2n) is 6.21. The first kappa shape index (κ1) is 19.7. The first-order valence-corrected chi connectivity index (χ1v) is 9.95. The third-order valence-corrected chi connectivity index (χ3v) is 6.04. The van der Waals surface area contributed by atoms with Gasteiger partial charge in [-0.1, -0.05) is 6.92 Å². The summed E-state index contributed by atoms with van der Waals surface area (Å²) in [5, 5.41) is 0. The number of hydrogen-bond donors (Lipinski definition) is 0. The standard InChI is InChI=1S/C17H27N3O4S/c1-4-14-24-16-8-6-15(7-9-16)17(21)19-10-5-11-20(13-12-19)25(22,23)18(2)3/h6-9H,4-5,10-14H2,1-3H3. The number of rotatable bonds is 6. The van der Waals surface area contributed by atoms with Crippen molar-refractivity contribution in [2.75, 3.05) is 46.9 Å². The lowest BCUT2D eigenvalue weighted by molar-refractivity contribution is 0.0764. The molecular formula is C17H27N3O4S. The van der Waals surface area contributed by atoms with Gasteiger partial charge in [0.25, 0.3) is 16.1 Å². The number of benzene rings is 1. The van der Waals surface area contributed by atoms with Crippen LogP contribution < -0.4 is 4.74 Å². The van der Waals surface area contributed by atoms with Crippen molar-refractivity contribution < 1.29 is 17.9 Å². The van der Waals surface area contributed by atoms with Gasteiger partial charge in [-0.3, -0.25) is 4.79 Å². The molecule has 7 nitrogen and oxygen atoms in total. The molecule has 1 fully saturated rings. The van der Waals surface area contributed by atoms with E-state index >= 15 is 0 Å². The van der Waals surface area contributed by atoms with Gasteiger partial charge in [0.1, 0.15) is 5.75 Å². The molecule has 25 heavy (non-hydrogen) atoms. The summed E-state index contributed by atoms with van der Waals surface area (Å²) in [5.74, 6) is 0.670. The molecule has 1 aliphatic rings. The second-order valence-corrected chi connectivity index (χ2v) is 8.35. The van der Waals surface area contributed by atoms with Crippen molar-refractivity contribution >= 4 is 16.1 Å². The Bertz CT molecular complexity index is 674. The minimum Gasteiger partial charge on any atom is -0.494 e. The van der Waals surface area contributed by atoms with Crippen molar-refractivity contribution in [1.82, 2.24) is 13.5 Å². The van der Waals surface area contributed by atoms with Crippen molar-refractivity contribution in [3.05, 3.63) is 29.8 Å². The zero-order valence-corrected chi connectivity index (χ0v) is 16.0. The summed E-state index contributed by atoms with van der Waals surface area (Å²) in [5.41, 5.74) is 0.591. The number of hydrogen-bond acceptors (Lipinski definition) is 4. The van der Waals surface area contributed by atoms with E-state index in [2.05, 4.69) is 0 Å². The van der Waals surface area contributed by atoms with Crippen molar-refractivity contribution in [3.8, 4) is 5.75 Å². The minimum atomic E-state index is -3.44. The average Bonchev–Trinajstić information content (AvgIpc) is 2.86. The Kier molecular flexibility index (Phi) is 6.80. The van der Waals surface area contributed by atoms with Crippen LogP contribution in [0.1, 0.15) is 30.1 Å². The highest BCUT2D eigenvalue weighted by molar-refractivity contribution is 7.86. The molecule has 2 rings (SSSR count). The molecule has 0 radical (unpaired) electrons. The first-order chi connectivity index (χ1) is 11.9. The Morgan fingerprint density at radius 1 is 1.12 bits per heavy atom. The maximum atomic E-state index is 12.7. The largest absolute Gasteiger partial charge is 0.494 e. The molecule has 0 aromatic heterocycles. The van der Waals surface area contributed by atoms with E-state index in [1.54, 1.807) is 29.2 Å². The lowest BCUT2D eigenvalue weighted by atomic mass is 10.2. The molecule has 0 N–H and O–H groups in total. The first-order valence-electron chi connectivity index (χ1n) is 8.56. The van der Waals surface area contributed by atoms with Crippen molar-refractivity contribution in [3.63, 3.8) is 0 Å². The molecule has 8 heteroatoms. The quantitative estimate of drug-likeness (QED) is 0.761. The van der Waals surface area contributed by atoms with E-state index in [1.165, 1.54) is 22.7 Å². The lowest BCUT2D eigenvalue weighted by Crippen LogP contribution is -2.42. The summed E-state index contributed by atoms with van der Waals surface area (Å²) >= 11 is 0. The summed E-state index contributed by atoms with van der Waals surface area (Å²) in [7, 11) is -0.401. The fraction of sp³-hybridized carbons (Fsp3) is 0.588. The van der Waals surface area contributed by atoms with Crippen LogP contribution in [0.25, 0.3) is 0 Å². The van der Waals surface area contributed by atoms with E-state index in [-0.39, 0.29) is 5.91 Å². The van der Waals surface area contributed by atoms with Crippen LogP contribution in [0.5, 0.6) is 5.75 Å². The molecule has 1 aliphatic heterocycles. The molecule has 1 heterocycles. The molecule has 0 spiro atoms. The number of carbonyl (C=O) groups is 1. The molecule has 0 unspecified atom stereocenters. The molecule has 1 aromatic rings. The summed E-state index contributed by atoms with van der Waals surface area (Å²) < 4.78 is 32.7. The van der Waals surface area contributed by atoms with Gasteiger partial charge in [-0.25, -0.2) is 0 Å². The highest BCUT2D eigenvalue weighted by Gasteiger charge is 2.28. The van der Waals surface area contributed by atoms with Crippen LogP contribution in [0.3, 0.4) is 0 Å². The van der Waals surface area contributed by atoms with Crippen LogP contribution in [-0.2, 0) is 10.2 Å².